The number of benzene rings is 2. The summed E-state index contributed by atoms with van der Waals surface area (Å²) in [5.74, 6) is -0.833. The third-order valence-electron chi connectivity index (χ3n) is 4.46. The monoisotopic (exact) mass is 383 g/mol. The van der Waals surface area contributed by atoms with Gasteiger partial charge in [-0.25, -0.2) is 9.59 Å². The van der Waals surface area contributed by atoms with Crippen LogP contribution in [0.5, 0.6) is 0 Å². The number of rotatable bonds is 5. The normalized spacial score (nSPS) is 14.0. The van der Waals surface area contributed by atoms with Gasteiger partial charge in [0.05, 0.1) is 6.54 Å². The van der Waals surface area contributed by atoms with Crippen molar-refractivity contribution in [2.75, 3.05) is 13.2 Å². The predicted octanol–water partition coefficient (Wildman–Crippen LogP) is 3.23. The van der Waals surface area contributed by atoms with Crippen LogP contribution in [0.1, 0.15) is 37.8 Å². The van der Waals surface area contributed by atoms with Crippen LogP contribution < -0.4 is 5.32 Å². The molecule has 0 saturated heterocycles. The van der Waals surface area contributed by atoms with Crippen molar-refractivity contribution in [3.05, 3.63) is 59.7 Å². The van der Waals surface area contributed by atoms with Crippen molar-refractivity contribution >= 4 is 12.1 Å². The third-order valence-corrected chi connectivity index (χ3v) is 4.46. The Labute approximate surface area is 164 Å². The van der Waals surface area contributed by atoms with E-state index in [1.165, 1.54) is 0 Å². The lowest BCUT2D eigenvalue weighted by Crippen LogP contribution is -2.40. The number of aliphatic hydroxyl groups is 1. The van der Waals surface area contributed by atoms with Gasteiger partial charge in [-0.2, -0.15) is 0 Å². The molecule has 2 aromatic rings. The van der Waals surface area contributed by atoms with Gasteiger partial charge >= 0.3 is 12.1 Å². The zero-order valence-corrected chi connectivity index (χ0v) is 16.3. The molecule has 1 atom stereocenters. The molecule has 0 saturated carbocycles. The number of alkyl carbamates (subject to hydrolysis) is 1. The predicted molar refractivity (Wildman–Crippen MR) is 105 cm³/mol. The van der Waals surface area contributed by atoms with Crippen LogP contribution >= 0.6 is 0 Å². The maximum Gasteiger partial charge on any atom is 0.407 e. The van der Waals surface area contributed by atoms with Crippen LogP contribution in [0.2, 0.25) is 0 Å². The van der Waals surface area contributed by atoms with Crippen LogP contribution in [-0.4, -0.2) is 42.0 Å². The van der Waals surface area contributed by atoms with Gasteiger partial charge in [-0.05, 0) is 43.0 Å². The molecule has 1 aliphatic rings. The third kappa shape index (κ3) is 4.51. The van der Waals surface area contributed by atoms with Gasteiger partial charge in [0.1, 0.15) is 12.2 Å². The average molecular weight is 383 g/mol. The highest BCUT2D eigenvalue weighted by atomic mass is 16.6. The standard InChI is InChI=1S/C22H25NO5/c1-22(2,3)28-20(25)19(24)12-23-21(26)27-13-18-16-10-6-4-8-14(16)15-9-5-7-11-17(15)18/h4-11,18-19,24H,12-13H2,1-3H3,(H,23,26). The summed E-state index contributed by atoms with van der Waals surface area (Å²) in [6.07, 6.45) is -2.14. The van der Waals surface area contributed by atoms with Crippen LogP contribution in [0.25, 0.3) is 11.1 Å². The zero-order chi connectivity index (χ0) is 20.3. The number of nitrogens with one attached hydrogen (secondary N) is 1. The molecule has 0 fully saturated rings. The van der Waals surface area contributed by atoms with Crippen molar-refractivity contribution in [1.82, 2.24) is 5.32 Å². The van der Waals surface area contributed by atoms with E-state index < -0.39 is 23.8 Å². The van der Waals surface area contributed by atoms with Gasteiger partial charge in [0.25, 0.3) is 0 Å². The second kappa shape index (κ2) is 8.02. The van der Waals surface area contributed by atoms with E-state index in [1.807, 2.05) is 36.4 Å². The molecule has 0 bridgehead atoms. The number of amides is 1. The Morgan fingerprint density at radius 2 is 1.57 bits per heavy atom. The molecule has 0 aliphatic heterocycles. The Morgan fingerprint density at radius 1 is 1.04 bits per heavy atom. The van der Waals surface area contributed by atoms with Crippen LogP contribution in [0.15, 0.2) is 48.5 Å². The number of esters is 1. The topological polar surface area (TPSA) is 84.9 Å². The summed E-state index contributed by atoms with van der Waals surface area (Å²) < 4.78 is 10.4. The largest absolute Gasteiger partial charge is 0.458 e. The van der Waals surface area contributed by atoms with Crippen LogP contribution in [0, 0.1) is 0 Å². The van der Waals surface area contributed by atoms with Gasteiger partial charge in [-0.15, -0.1) is 0 Å². The highest BCUT2D eigenvalue weighted by Gasteiger charge is 2.29. The van der Waals surface area contributed by atoms with E-state index in [0.29, 0.717) is 0 Å². The second-order valence-electron chi connectivity index (χ2n) is 7.76. The van der Waals surface area contributed by atoms with Gasteiger partial charge < -0.3 is 19.9 Å². The van der Waals surface area contributed by atoms with E-state index in [-0.39, 0.29) is 19.1 Å². The van der Waals surface area contributed by atoms with Crippen molar-refractivity contribution in [2.45, 2.75) is 38.4 Å². The Hall–Kier alpha value is -2.86. The first kappa shape index (κ1) is 19.9. The summed E-state index contributed by atoms with van der Waals surface area (Å²) in [5, 5.41) is 12.2. The summed E-state index contributed by atoms with van der Waals surface area (Å²) in [7, 11) is 0. The van der Waals surface area contributed by atoms with Crippen LogP contribution in [0.4, 0.5) is 4.79 Å². The Bertz CT molecular complexity index is 826. The molecule has 6 heteroatoms. The van der Waals surface area contributed by atoms with E-state index in [9.17, 15) is 14.7 Å². The van der Waals surface area contributed by atoms with Gasteiger partial charge in [0.15, 0.2) is 6.10 Å². The van der Waals surface area contributed by atoms with E-state index >= 15 is 0 Å². The van der Waals surface area contributed by atoms with Crippen molar-refractivity contribution < 1.29 is 24.2 Å². The molecular weight excluding hydrogens is 358 g/mol. The van der Waals surface area contributed by atoms with E-state index in [0.717, 1.165) is 22.3 Å². The molecule has 2 aromatic carbocycles. The van der Waals surface area contributed by atoms with Crippen molar-refractivity contribution in [3.63, 3.8) is 0 Å². The Balaban J connectivity index is 1.56. The fourth-order valence-corrected chi connectivity index (χ4v) is 3.28. The maximum absolute atomic E-state index is 12.0. The fraction of sp³-hybridized carbons (Fsp3) is 0.364. The lowest BCUT2D eigenvalue weighted by atomic mass is 9.98. The maximum atomic E-state index is 12.0. The van der Waals surface area contributed by atoms with E-state index in [1.54, 1.807) is 20.8 Å². The smallest absolute Gasteiger partial charge is 0.407 e. The van der Waals surface area contributed by atoms with Crippen molar-refractivity contribution in [1.29, 1.82) is 0 Å². The fourth-order valence-electron chi connectivity index (χ4n) is 3.28. The summed E-state index contributed by atoms with van der Waals surface area (Å²) in [6.45, 7) is 5.01. The first-order valence-electron chi connectivity index (χ1n) is 9.26. The molecule has 28 heavy (non-hydrogen) atoms. The Kier molecular flexibility index (Phi) is 5.70. The van der Waals surface area contributed by atoms with Gasteiger partial charge in [-0.3, -0.25) is 0 Å². The molecule has 0 radical (unpaired) electrons. The second-order valence-corrected chi connectivity index (χ2v) is 7.76. The van der Waals surface area contributed by atoms with Crippen LogP contribution in [-0.2, 0) is 14.3 Å². The lowest BCUT2D eigenvalue weighted by Gasteiger charge is -2.21. The summed E-state index contributed by atoms with van der Waals surface area (Å²) in [6, 6.07) is 16.1. The van der Waals surface area contributed by atoms with Crippen LogP contribution in [0.3, 0.4) is 0 Å². The van der Waals surface area contributed by atoms with E-state index in [2.05, 4.69) is 17.4 Å². The summed E-state index contributed by atoms with van der Waals surface area (Å²) in [5.41, 5.74) is 3.82. The highest BCUT2D eigenvalue weighted by Crippen LogP contribution is 2.44. The molecule has 1 amide bonds. The average Bonchev–Trinajstić information content (AvgIpc) is 2.97. The minimum Gasteiger partial charge on any atom is -0.458 e. The minimum absolute atomic E-state index is 0.0473. The van der Waals surface area contributed by atoms with Gasteiger partial charge in [-0.1, -0.05) is 48.5 Å². The zero-order valence-electron chi connectivity index (χ0n) is 16.3. The number of hydrogen-bond donors (Lipinski definition) is 2. The molecule has 6 nitrogen and oxygen atoms in total. The quantitative estimate of drug-likeness (QED) is 0.775. The molecule has 0 aromatic heterocycles. The molecule has 1 unspecified atom stereocenters. The van der Waals surface area contributed by atoms with Gasteiger partial charge in [0, 0.05) is 5.92 Å². The Morgan fingerprint density at radius 3 is 2.11 bits per heavy atom. The first-order valence-corrected chi connectivity index (χ1v) is 9.26. The molecule has 0 heterocycles. The number of carbonyl (C=O) groups is 2. The van der Waals surface area contributed by atoms with E-state index in [4.69, 9.17) is 9.47 Å². The molecule has 1 aliphatic carbocycles. The van der Waals surface area contributed by atoms with Crippen molar-refractivity contribution in [3.8, 4) is 11.1 Å². The minimum atomic E-state index is -1.44. The molecule has 3 rings (SSSR count). The van der Waals surface area contributed by atoms with Gasteiger partial charge in [0.2, 0.25) is 0 Å². The SMILES string of the molecule is CC(C)(C)OC(=O)C(O)CNC(=O)OCC1c2ccccc2-c2ccccc21. The molecular formula is C22H25NO5. The first-order chi connectivity index (χ1) is 13.3. The number of hydrogen-bond acceptors (Lipinski definition) is 5. The number of carbonyl (C=O) groups excluding carboxylic acids is 2. The lowest BCUT2D eigenvalue weighted by molar-refractivity contribution is -0.164. The van der Waals surface area contributed by atoms with Crippen molar-refractivity contribution in [2.24, 2.45) is 0 Å². The number of ether oxygens (including phenoxy) is 2. The summed E-state index contributed by atoms with van der Waals surface area (Å²) in [4.78, 5) is 23.8. The molecule has 0 spiro atoms. The highest BCUT2D eigenvalue weighted by molar-refractivity contribution is 5.79. The molecule has 2 N–H and O–H groups in total. The number of aliphatic hydroxyl groups excluding tert-OH is 1. The number of fused-ring (bicyclic) bond motifs is 3. The molecule has 148 valence electrons. The summed E-state index contributed by atoms with van der Waals surface area (Å²) >= 11 is 0.